The van der Waals surface area contributed by atoms with Crippen LogP contribution in [-0.4, -0.2) is 25.5 Å². The predicted molar refractivity (Wildman–Crippen MR) is 90.5 cm³/mol. The van der Waals surface area contributed by atoms with Crippen LogP contribution < -0.4 is 14.4 Å². The van der Waals surface area contributed by atoms with Crippen LogP contribution in [0.4, 0.5) is 5.69 Å². The molecule has 124 valence electrons. The number of nitrogens with zero attached hydrogens (tertiary/aromatic N) is 1. The molecule has 5 nitrogen and oxygen atoms in total. The van der Waals surface area contributed by atoms with Gasteiger partial charge in [0.2, 0.25) is 5.91 Å². The van der Waals surface area contributed by atoms with E-state index in [1.807, 2.05) is 6.07 Å². The van der Waals surface area contributed by atoms with E-state index in [9.17, 15) is 9.59 Å². The molecule has 0 radical (unpaired) electrons. The first-order chi connectivity index (χ1) is 11.6. The number of ether oxygens (including phenoxy) is 2. The standard InChI is InChI=1S/C18H16ClNO4/c1-23-14-6-4-5-13(10-14)20-11-12(9-17(20)21)18(22)24-16-8-3-2-7-15(16)19/h2-8,10,12H,9,11H2,1H3/t12-/m0/s1. The van der Waals surface area contributed by atoms with Crippen molar-refractivity contribution in [2.75, 3.05) is 18.6 Å². The fourth-order valence-electron chi connectivity index (χ4n) is 2.61. The number of rotatable bonds is 4. The highest BCUT2D eigenvalue weighted by molar-refractivity contribution is 6.32. The number of carbonyl (C=O) groups is 2. The first-order valence-electron chi connectivity index (χ1n) is 7.49. The summed E-state index contributed by atoms with van der Waals surface area (Å²) in [4.78, 5) is 26.2. The number of carbonyl (C=O) groups excluding carboxylic acids is 2. The number of hydrogen-bond acceptors (Lipinski definition) is 4. The number of benzene rings is 2. The third-order valence-electron chi connectivity index (χ3n) is 3.87. The first-order valence-corrected chi connectivity index (χ1v) is 7.87. The quantitative estimate of drug-likeness (QED) is 0.630. The van der Waals surface area contributed by atoms with Crippen LogP contribution in [-0.2, 0) is 9.59 Å². The minimum absolute atomic E-state index is 0.112. The summed E-state index contributed by atoms with van der Waals surface area (Å²) in [5, 5.41) is 0.361. The van der Waals surface area contributed by atoms with E-state index in [-0.39, 0.29) is 18.9 Å². The Balaban J connectivity index is 1.72. The third-order valence-corrected chi connectivity index (χ3v) is 4.18. The lowest BCUT2D eigenvalue weighted by molar-refractivity contribution is -0.139. The first kappa shape index (κ1) is 16.3. The summed E-state index contributed by atoms with van der Waals surface area (Å²) in [5.41, 5.74) is 0.701. The maximum Gasteiger partial charge on any atom is 0.316 e. The van der Waals surface area contributed by atoms with Crippen molar-refractivity contribution in [3.8, 4) is 11.5 Å². The van der Waals surface area contributed by atoms with Crippen molar-refractivity contribution in [3.05, 3.63) is 53.6 Å². The Morgan fingerprint density at radius 3 is 2.75 bits per heavy atom. The highest BCUT2D eigenvalue weighted by atomic mass is 35.5. The van der Waals surface area contributed by atoms with E-state index < -0.39 is 11.9 Å². The lowest BCUT2D eigenvalue weighted by atomic mass is 10.1. The molecule has 24 heavy (non-hydrogen) atoms. The van der Waals surface area contributed by atoms with Crippen molar-refractivity contribution in [2.45, 2.75) is 6.42 Å². The number of amides is 1. The molecule has 0 bridgehead atoms. The van der Waals surface area contributed by atoms with Gasteiger partial charge >= 0.3 is 5.97 Å². The normalized spacial score (nSPS) is 17.0. The molecule has 0 spiro atoms. The van der Waals surface area contributed by atoms with Crippen LogP contribution in [0.5, 0.6) is 11.5 Å². The smallest absolute Gasteiger partial charge is 0.316 e. The average molecular weight is 346 g/mol. The zero-order chi connectivity index (χ0) is 17.1. The maximum absolute atomic E-state index is 12.3. The van der Waals surface area contributed by atoms with Gasteiger partial charge in [-0.2, -0.15) is 0 Å². The maximum atomic E-state index is 12.3. The summed E-state index contributed by atoms with van der Waals surface area (Å²) in [6, 6.07) is 13.9. The van der Waals surface area contributed by atoms with Gasteiger partial charge < -0.3 is 14.4 Å². The van der Waals surface area contributed by atoms with Crippen LogP contribution >= 0.6 is 11.6 Å². The lowest BCUT2D eigenvalue weighted by Gasteiger charge is -2.17. The van der Waals surface area contributed by atoms with Crippen molar-refractivity contribution in [1.82, 2.24) is 0 Å². The molecule has 1 aliphatic rings. The van der Waals surface area contributed by atoms with Gasteiger partial charge in [-0.3, -0.25) is 9.59 Å². The van der Waals surface area contributed by atoms with Gasteiger partial charge in [-0.25, -0.2) is 0 Å². The van der Waals surface area contributed by atoms with Gasteiger partial charge in [-0.05, 0) is 24.3 Å². The van der Waals surface area contributed by atoms with Gasteiger partial charge in [-0.1, -0.05) is 29.8 Å². The van der Waals surface area contributed by atoms with Crippen LogP contribution in [0.1, 0.15) is 6.42 Å². The second-order valence-electron chi connectivity index (χ2n) is 5.46. The fourth-order valence-corrected chi connectivity index (χ4v) is 2.79. The molecule has 1 fully saturated rings. The SMILES string of the molecule is COc1cccc(N2C[C@@H](C(=O)Oc3ccccc3Cl)CC2=O)c1. The molecule has 0 N–H and O–H groups in total. The Hall–Kier alpha value is -2.53. The largest absolute Gasteiger partial charge is 0.497 e. The van der Waals surface area contributed by atoms with Crippen LogP contribution in [0.2, 0.25) is 5.02 Å². The fraction of sp³-hybridized carbons (Fsp3) is 0.222. The number of esters is 1. The summed E-state index contributed by atoms with van der Waals surface area (Å²) >= 11 is 5.99. The molecular formula is C18H16ClNO4. The molecule has 2 aromatic carbocycles. The van der Waals surface area contributed by atoms with Crippen molar-refractivity contribution >= 4 is 29.2 Å². The average Bonchev–Trinajstić information content (AvgIpc) is 2.99. The molecule has 1 amide bonds. The molecule has 6 heteroatoms. The van der Waals surface area contributed by atoms with E-state index in [1.165, 1.54) is 0 Å². The summed E-state index contributed by atoms with van der Waals surface area (Å²) in [7, 11) is 1.56. The summed E-state index contributed by atoms with van der Waals surface area (Å²) in [6.45, 7) is 0.273. The number of para-hydroxylation sites is 1. The topological polar surface area (TPSA) is 55.8 Å². The molecule has 0 unspecified atom stereocenters. The number of methoxy groups -OCH3 is 1. The van der Waals surface area contributed by atoms with E-state index in [2.05, 4.69) is 0 Å². The number of hydrogen-bond donors (Lipinski definition) is 0. The summed E-state index contributed by atoms with van der Waals surface area (Å²) < 4.78 is 10.5. The van der Waals surface area contributed by atoms with Crippen LogP contribution in [0.15, 0.2) is 48.5 Å². The molecule has 0 aromatic heterocycles. The molecule has 3 rings (SSSR count). The van der Waals surface area contributed by atoms with Crippen molar-refractivity contribution in [1.29, 1.82) is 0 Å². The second kappa shape index (κ2) is 6.93. The second-order valence-corrected chi connectivity index (χ2v) is 5.87. The van der Waals surface area contributed by atoms with E-state index >= 15 is 0 Å². The van der Waals surface area contributed by atoms with Gasteiger partial charge in [-0.15, -0.1) is 0 Å². The Labute approximate surface area is 144 Å². The van der Waals surface area contributed by atoms with Crippen molar-refractivity contribution in [2.24, 2.45) is 5.92 Å². The summed E-state index contributed by atoms with van der Waals surface area (Å²) in [6.07, 6.45) is 0.112. The van der Waals surface area contributed by atoms with Crippen LogP contribution in [0.25, 0.3) is 0 Å². The number of halogens is 1. The molecule has 0 aliphatic carbocycles. The zero-order valence-electron chi connectivity index (χ0n) is 13.1. The molecule has 2 aromatic rings. The van der Waals surface area contributed by atoms with E-state index in [1.54, 1.807) is 54.5 Å². The Bertz CT molecular complexity index is 777. The minimum atomic E-state index is -0.528. The molecule has 0 saturated carbocycles. The van der Waals surface area contributed by atoms with E-state index in [4.69, 9.17) is 21.1 Å². The van der Waals surface area contributed by atoms with Crippen LogP contribution in [0.3, 0.4) is 0 Å². The summed E-state index contributed by atoms with van der Waals surface area (Å²) in [5.74, 6) is -0.148. The third kappa shape index (κ3) is 3.36. The highest BCUT2D eigenvalue weighted by Crippen LogP contribution is 2.30. The Morgan fingerprint density at radius 2 is 2.00 bits per heavy atom. The van der Waals surface area contributed by atoms with Crippen LogP contribution in [0, 0.1) is 5.92 Å². The molecular weight excluding hydrogens is 330 g/mol. The van der Waals surface area contributed by atoms with Gasteiger partial charge in [0.25, 0.3) is 0 Å². The molecule has 1 saturated heterocycles. The van der Waals surface area contributed by atoms with Crippen molar-refractivity contribution in [3.63, 3.8) is 0 Å². The zero-order valence-corrected chi connectivity index (χ0v) is 13.8. The predicted octanol–water partition coefficient (Wildman–Crippen LogP) is 3.31. The van der Waals surface area contributed by atoms with Gasteiger partial charge in [0.05, 0.1) is 18.1 Å². The van der Waals surface area contributed by atoms with Crippen molar-refractivity contribution < 1.29 is 19.1 Å². The van der Waals surface area contributed by atoms with E-state index in [0.29, 0.717) is 22.2 Å². The molecule has 1 aliphatic heterocycles. The monoisotopic (exact) mass is 345 g/mol. The minimum Gasteiger partial charge on any atom is -0.497 e. The lowest BCUT2D eigenvalue weighted by Crippen LogP contribution is -2.27. The Morgan fingerprint density at radius 1 is 1.21 bits per heavy atom. The van der Waals surface area contributed by atoms with Gasteiger partial charge in [0.1, 0.15) is 11.5 Å². The Kier molecular flexibility index (Phi) is 4.71. The highest BCUT2D eigenvalue weighted by Gasteiger charge is 2.36. The molecule has 1 heterocycles. The molecule has 1 atom stereocenters. The van der Waals surface area contributed by atoms with Gasteiger partial charge in [0.15, 0.2) is 0 Å². The van der Waals surface area contributed by atoms with Gasteiger partial charge in [0, 0.05) is 24.7 Å². The number of anilines is 1. The van der Waals surface area contributed by atoms with E-state index in [0.717, 1.165) is 0 Å².